The van der Waals surface area contributed by atoms with E-state index in [0.29, 0.717) is 5.41 Å². The highest BCUT2D eigenvalue weighted by atomic mass is 15.1. The average Bonchev–Trinajstić information content (AvgIpc) is 2.18. The van der Waals surface area contributed by atoms with Crippen LogP contribution in [0.25, 0.3) is 0 Å². The molecule has 0 amide bonds. The topological polar surface area (TPSA) is 3.24 Å². The molecule has 0 unspecified atom stereocenters. The molecule has 1 rings (SSSR count). The minimum Gasteiger partial charge on any atom is -0.306 e. The van der Waals surface area contributed by atoms with Gasteiger partial charge in [0, 0.05) is 0 Å². The lowest BCUT2D eigenvalue weighted by atomic mass is 9.73. The summed E-state index contributed by atoms with van der Waals surface area (Å²) in [7, 11) is 2.23. The van der Waals surface area contributed by atoms with Gasteiger partial charge in [-0.05, 0) is 51.2 Å². The number of rotatable bonds is 4. The first-order chi connectivity index (χ1) is 6.22. The molecular weight excluding hydrogens is 158 g/mol. The lowest BCUT2D eigenvalue weighted by molar-refractivity contribution is 0.109. The molecule has 0 atom stereocenters. The van der Waals surface area contributed by atoms with Gasteiger partial charge in [-0.2, -0.15) is 0 Å². The van der Waals surface area contributed by atoms with E-state index in [4.69, 9.17) is 0 Å². The van der Waals surface area contributed by atoms with Gasteiger partial charge in [0.15, 0.2) is 0 Å². The highest BCUT2D eigenvalue weighted by Crippen LogP contribution is 2.38. The Hall–Kier alpha value is -0.300. The zero-order valence-electron chi connectivity index (χ0n) is 9.18. The van der Waals surface area contributed by atoms with Crippen molar-refractivity contribution in [3.63, 3.8) is 0 Å². The summed E-state index contributed by atoms with van der Waals surface area (Å²) in [6.07, 6.45) is 8.71. The van der Waals surface area contributed by atoms with E-state index in [-0.39, 0.29) is 0 Å². The summed E-state index contributed by atoms with van der Waals surface area (Å²) < 4.78 is 0. The van der Waals surface area contributed by atoms with E-state index in [2.05, 4.69) is 31.5 Å². The Morgan fingerprint density at radius 2 is 2.00 bits per heavy atom. The first-order valence-electron chi connectivity index (χ1n) is 5.52. The number of piperidine rings is 1. The summed E-state index contributed by atoms with van der Waals surface area (Å²) in [4.78, 5) is 2.45. The van der Waals surface area contributed by atoms with E-state index in [0.717, 1.165) is 0 Å². The molecule has 0 aliphatic carbocycles. The molecule has 0 saturated carbocycles. The number of likely N-dealkylation sites (tertiary alicyclic amines) is 1. The quantitative estimate of drug-likeness (QED) is 0.602. The number of hydrogen-bond acceptors (Lipinski definition) is 1. The smallest absolute Gasteiger partial charge is 0.00165 e. The number of nitrogens with zero attached hydrogens (tertiary/aromatic N) is 1. The predicted octanol–water partition coefficient (Wildman–Crippen LogP) is 3.07. The summed E-state index contributed by atoms with van der Waals surface area (Å²) >= 11 is 0. The molecule has 0 aromatic carbocycles. The largest absolute Gasteiger partial charge is 0.306 e. The van der Waals surface area contributed by atoms with E-state index >= 15 is 0 Å². The van der Waals surface area contributed by atoms with E-state index in [1.165, 1.54) is 45.2 Å². The van der Waals surface area contributed by atoms with Crippen LogP contribution in [0, 0.1) is 5.41 Å². The maximum absolute atomic E-state index is 3.82. The molecule has 0 N–H and O–H groups in total. The summed E-state index contributed by atoms with van der Waals surface area (Å²) in [5.74, 6) is 0. The minimum atomic E-state index is 0.640. The highest BCUT2D eigenvalue weighted by Gasteiger charge is 2.30. The minimum absolute atomic E-state index is 0.640. The molecule has 1 saturated heterocycles. The first-order valence-corrected chi connectivity index (χ1v) is 5.52. The highest BCUT2D eigenvalue weighted by molar-refractivity contribution is 4.86. The Balaban J connectivity index is 2.44. The molecule has 0 spiro atoms. The van der Waals surface area contributed by atoms with Gasteiger partial charge in [-0.3, -0.25) is 0 Å². The molecule has 0 aromatic rings. The molecule has 13 heavy (non-hydrogen) atoms. The van der Waals surface area contributed by atoms with E-state index in [9.17, 15) is 0 Å². The lowest BCUT2D eigenvalue weighted by Gasteiger charge is -2.40. The van der Waals surface area contributed by atoms with Crippen molar-refractivity contribution in [1.82, 2.24) is 4.90 Å². The van der Waals surface area contributed by atoms with Crippen LogP contribution >= 0.6 is 0 Å². The molecule has 1 heteroatoms. The van der Waals surface area contributed by atoms with E-state index in [1.807, 2.05) is 0 Å². The third-order valence-corrected chi connectivity index (χ3v) is 3.68. The summed E-state index contributed by atoms with van der Waals surface area (Å²) in [5, 5.41) is 0. The lowest BCUT2D eigenvalue weighted by Crippen LogP contribution is -2.37. The normalized spacial score (nSPS) is 22.9. The summed E-state index contributed by atoms with van der Waals surface area (Å²) in [6, 6.07) is 0. The fraction of sp³-hybridized carbons (Fsp3) is 0.833. The van der Waals surface area contributed by atoms with Gasteiger partial charge < -0.3 is 4.90 Å². The molecule has 1 nitrogen and oxygen atoms in total. The van der Waals surface area contributed by atoms with E-state index < -0.39 is 0 Å². The first kappa shape index (κ1) is 10.8. The van der Waals surface area contributed by atoms with E-state index in [1.54, 1.807) is 0 Å². The van der Waals surface area contributed by atoms with Crippen molar-refractivity contribution in [2.45, 2.75) is 39.0 Å². The maximum atomic E-state index is 3.82. The van der Waals surface area contributed by atoms with Crippen LogP contribution in [0.5, 0.6) is 0 Å². The van der Waals surface area contributed by atoms with Crippen molar-refractivity contribution in [3.8, 4) is 0 Å². The van der Waals surface area contributed by atoms with Crippen LogP contribution < -0.4 is 0 Å². The van der Waals surface area contributed by atoms with Crippen LogP contribution in [-0.2, 0) is 0 Å². The predicted molar refractivity (Wildman–Crippen MR) is 58.9 cm³/mol. The standard InChI is InChI=1S/C12H23N/c1-4-6-7-12(5-2)8-10-13(3)11-9-12/h4H,1,5-11H2,2-3H3. The Morgan fingerprint density at radius 1 is 1.38 bits per heavy atom. The number of allylic oxidation sites excluding steroid dienone is 1. The fourth-order valence-electron chi connectivity index (χ4n) is 2.28. The van der Waals surface area contributed by atoms with Crippen molar-refractivity contribution in [1.29, 1.82) is 0 Å². The second kappa shape index (κ2) is 4.80. The van der Waals surface area contributed by atoms with Gasteiger partial charge in [0.25, 0.3) is 0 Å². The average molecular weight is 181 g/mol. The Labute approximate surface area is 82.8 Å². The summed E-state index contributed by atoms with van der Waals surface area (Å²) in [5.41, 5.74) is 0.640. The second-order valence-electron chi connectivity index (χ2n) is 4.48. The SMILES string of the molecule is C=CCCC1(CC)CCN(C)CC1. The maximum Gasteiger partial charge on any atom is -0.00165 e. The van der Waals surface area contributed by atoms with Crippen LogP contribution in [0.4, 0.5) is 0 Å². The Bertz CT molecular complexity index is 155. The molecule has 0 aromatic heterocycles. The Morgan fingerprint density at radius 3 is 2.46 bits per heavy atom. The second-order valence-corrected chi connectivity index (χ2v) is 4.48. The van der Waals surface area contributed by atoms with Crippen molar-refractivity contribution in [2.75, 3.05) is 20.1 Å². The van der Waals surface area contributed by atoms with Crippen LogP contribution in [0.1, 0.15) is 39.0 Å². The molecule has 1 aliphatic heterocycles. The van der Waals surface area contributed by atoms with Crippen LogP contribution in [0.2, 0.25) is 0 Å². The number of hydrogen-bond donors (Lipinski definition) is 0. The van der Waals surface area contributed by atoms with Gasteiger partial charge in [-0.15, -0.1) is 6.58 Å². The zero-order valence-corrected chi connectivity index (χ0v) is 9.18. The van der Waals surface area contributed by atoms with Gasteiger partial charge in [0.1, 0.15) is 0 Å². The molecule has 1 heterocycles. The molecule has 1 aliphatic rings. The molecule has 76 valence electrons. The summed E-state index contributed by atoms with van der Waals surface area (Å²) in [6.45, 7) is 8.72. The van der Waals surface area contributed by atoms with Gasteiger partial charge in [0.2, 0.25) is 0 Å². The zero-order chi connectivity index (χ0) is 9.73. The van der Waals surface area contributed by atoms with Gasteiger partial charge in [0.05, 0.1) is 0 Å². The van der Waals surface area contributed by atoms with Crippen LogP contribution in [0.15, 0.2) is 12.7 Å². The third-order valence-electron chi connectivity index (χ3n) is 3.68. The molecule has 0 bridgehead atoms. The molecule has 0 radical (unpaired) electrons. The molecule has 1 fully saturated rings. The van der Waals surface area contributed by atoms with Crippen LogP contribution in [-0.4, -0.2) is 25.0 Å². The van der Waals surface area contributed by atoms with Crippen molar-refractivity contribution in [3.05, 3.63) is 12.7 Å². The third kappa shape index (κ3) is 2.84. The fourth-order valence-corrected chi connectivity index (χ4v) is 2.28. The van der Waals surface area contributed by atoms with Crippen LogP contribution in [0.3, 0.4) is 0 Å². The van der Waals surface area contributed by atoms with Gasteiger partial charge in [-0.1, -0.05) is 19.4 Å². The Kier molecular flexibility index (Phi) is 3.98. The monoisotopic (exact) mass is 181 g/mol. The van der Waals surface area contributed by atoms with Gasteiger partial charge >= 0.3 is 0 Å². The van der Waals surface area contributed by atoms with Crippen molar-refractivity contribution >= 4 is 0 Å². The molecular formula is C12H23N. The van der Waals surface area contributed by atoms with Gasteiger partial charge in [-0.25, -0.2) is 0 Å². The van der Waals surface area contributed by atoms with Crippen molar-refractivity contribution < 1.29 is 0 Å². The van der Waals surface area contributed by atoms with Crippen molar-refractivity contribution in [2.24, 2.45) is 5.41 Å².